The lowest BCUT2D eigenvalue weighted by atomic mass is 10.3. The number of rotatable bonds is 26. The van der Waals surface area contributed by atoms with E-state index >= 15 is 0 Å². The Hall–Kier alpha value is -3.24. The topological polar surface area (TPSA) is 226 Å². The molecule has 0 saturated carbocycles. The predicted octanol–water partition coefficient (Wildman–Crippen LogP) is -0.00770. The molecule has 5 N–H and O–H groups in total. The predicted molar refractivity (Wildman–Crippen MR) is 168 cm³/mol. The van der Waals surface area contributed by atoms with Crippen LogP contribution in [0, 0.1) is 0 Å². The lowest BCUT2D eigenvalue weighted by Crippen LogP contribution is -2.28. The van der Waals surface area contributed by atoms with E-state index in [2.05, 4.69) is 20.7 Å². The highest BCUT2D eigenvalue weighted by atomic mass is 16.5. The quantitative estimate of drug-likeness (QED) is 0.0722. The molecule has 0 aromatic carbocycles. The second-order valence-corrected chi connectivity index (χ2v) is 7.92. The van der Waals surface area contributed by atoms with Crippen molar-refractivity contribution in [1.82, 2.24) is 16.0 Å². The Labute approximate surface area is 263 Å². The van der Waals surface area contributed by atoms with Crippen molar-refractivity contribution in [2.45, 2.75) is 64.2 Å². The van der Waals surface area contributed by atoms with E-state index in [4.69, 9.17) is 24.8 Å². The van der Waals surface area contributed by atoms with Gasteiger partial charge in [0, 0.05) is 52.0 Å². The summed E-state index contributed by atoms with van der Waals surface area (Å²) in [7, 11) is 3.90. The van der Waals surface area contributed by atoms with Crippen molar-refractivity contribution in [1.29, 1.82) is 0 Å². The van der Waals surface area contributed by atoms with Gasteiger partial charge in [0.25, 0.3) is 12.4 Å². The van der Waals surface area contributed by atoms with Crippen molar-refractivity contribution in [3.05, 3.63) is 0 Å². The highest BCUT2D eigenvalue weighted by molar-refractivity contribution is 5.78. The number of carbonyl (C=O) groups excluding carboxylic acids is 8. The van der Waals surface area contributed by atoms with Gasteiger partial charge in [-0.15, -0.1) is 0 Å². The molecular formula is C29H58N4O11. The van der Waals surface area contributed by atoms with Crippen LogP contribution >= 0.6 is 0 Å². The summed E-state index contributed by atoms with van der Waals surface area (Å²) in [6.07, 6.45) is 11.1. The number of hydrogen-bond acceptors (Lipinski definition) is 14. The summed E-state index contributed by atoms with van der Waals surface area (Å²) in [5, 5.41) is 8.61. The van der Waals surface area contributed by atoms with E-state index in [0.717, 1.165) is 70.7 Å². The SMILES string of the molecule is C=O.C=O.CNCCCCOCCC=O.CNCCCCOCCN.O=CCCCC=O.O=CCCCNC(=O)COC=O. The van der Waals surface area contributed by atoms with Gasteiger partial charge in [0.05, 0.1) is 13.2 Å². The first-order valence-electron chi connectivity index (χ1n) is 14.3. The van der Waals surface area contributed by atoms with E-state index in [0.29, 0.717) is 64.8 Å². The van der Waals surface area contributed by atoms with E-state index in [1.54, 1.807) is 0 Å². The molecule has 0 saturated heterocycles. The molecule has 44 heavy (non-hydrogen) atoms. The molecule has 1 amide bonds. The molecule has 0 aliphatic heterocycles. The molecule has 0 atom stereocenters. The van der Waals surface area contributed by atoms with Crippen molar-refractivity contribution >= 4 is 51.1 Å². The van der Waals surface area contributed by atoms with Crippen molar-refractivity contribution in [3.8, 4) is 0 Å². The molecule has 0 heterocycles. The minimum absolute atomic E-state index is 0.213. The number of nitrogens with one attached hydrogen (secondary N) is 3. The Morgan fingerprint density at radius 2 is 1.07 bits per heavy atom. The van der Waals surface area contributed by atoms with Crippen LogP contribution in [0.5, 0.6) is 0 Å². The zero-order valence-corrected chi connectivity index (χ0v) is 26.8. The van der Waals surface area contributed by atoms with E-state index in [1.165, 1.54) is 6.42 Å². The van der Waals surface area contributed by atoms with Gasteiger partial charge >= 0.3 is 0 Å². The lowest BCUT2D eigenvalue weighted by Gasteiger charge is -2.01. The monoisotopic (exact) mass is 638 g/mol. The van der Waals surface area contributed by atoms with E-state index in [-0.39, 0.29) is 19.0 Å². The molecule has 0 aromatic rings. The van der Waals surface area contributed by atoms with Gasteiger partial charge in [-0.1, -0.05) is 0 Å². The molecule has 0 aliphatic carbocycles. The zero-order valence-electron chi connectivity index (χ0n) is 26.8. The molecule has 0 aromatic heterocycles. The Morgan fingerprint density at radius 1 is 0.614 bits per heavy atom. The van der Waals surface area contributed by atoms with Crippen LogP contribution in [0.25, 0.3) is 0 Å². The summed E-state index contributed by atoms with van der Waals surface area (Å²) < 4.78 is 14.5. The summed E-state index contributed by atoms with van der Waals surface area (Å²) in [6, 6.07) is 0. The number of aldehydes is 4. The van der Waals surface area contributed by atoms with Crippen LogP contribution in [0.1, 0.15) is 64.2 Å². The summed E-state index contributed by atoms with van der Waals surface area (Å²) in [4.78, 5) is 75.1. The fourth-order valence-corrected chi connectivity index (χ4v) is 2.29. The van der Waals surface area contributed by atoms with Crippen molar-refractivity contribution < 1.29 is 52.6 Å². The van der Waals surface area contributed by atoms with Gasteiger partial charge < -0.3 is 64.7 Å². The first kappa shape index (κ1) is 53.3. The molecule has 0 fully saturated rings. The Bertz CT molecular complexity index is 557. The summed E-state index contributed by atoms with van der Waals surface area (Å²) in [6.45, 7) is 10.0. The number of amides is 1. The van der Waals surface area contributed by atoms with Crippen LogP contribution in [0.3, 0.4) is 0 Å². The van der Waals surface area contributed by atoms with E-state index < -0.39 is 0 Å². The lowest BCUT2D eigenvalue weighted by molar-refractivity contribution is -0.137. The largest absolute Gasteiger partial charge is 0.458 e. The highest BCUT2D eigenvalue weighted by Gasteiger charge is 1.98. The smallest absolute Gasteiger partial charge is 0.293 e. The summed E-state index contributed by atoms with van der Waals surface area (Å²) in [5.74, 6) is -0.354. The van der Waals surface area contributed by atoms with Crippen LogP contribution < -0.4 is 21.7 Å². The molecule has 0 spiro atoms. The van der Waals surface area contributed by atoms with E-state index in [9.17, 15) is 28.8 Å². The van der Waals surface area contributed by atoms with Crippen LogP contribution in [0.15, 0.2) is 0 Å². The third kappa shape index (κ3) is 83.3. The van der Waals surface area contributed by atoms with Gasteiger partial charge in [0.15, 0.2) is 6.61 Å². The van der Waals surface area contributed by atoms with Gasteiger partial charge in [0.2, 0.25) is 0 Å². The van der Waals surface area contributed by atoms with Crippen molar-refractivity contribution in [2.75, 3.05) is 73.3 Å². The normalized spacial score (nSPS) is 8.61. The molecule has 0 radical (unpaired) electrons. The van der Waals surface area contributed by atoms with Gasteiger partial charge in [-0.25, -0.2) is 0 Å². The number of nitrogens with two attached hydrogens (primary N) is 1. The van der Waals surface area contributed by atoms with Crippen molar-refractivity contribution in [2.24, 2.45) is 5.73 Å². The second-order valence-electron chi connectivity index (χ2n) is 7.92. The Morgan fingerprint density at radius 3 is 1.48 bits per heavy atom. The number of ether oxygens (including phenoxy) is 3. The maximum Gasteiger partial charge on any atom is 0.293 e. The Kier molecular flexibility index (Phi) is 81.7. The molecule has 0 unspecified atom stereocenters. The number of unbranched alkanes of at least 4 members (excludes halogenated alkanes) is 5. The van der Waals surface area contributed by atoms with Gasteiger partial charge in [-0.3, -0.25) is 9.59 Å². The van der Waals surface area contributed by atoms with Crippen LogP contribution in [-0.2, 0) is 52.6 Å². The fourth-order valence-electron chi connectivity index (χ4n) is 2.29. The van der Waals surface area contributed by atoms with Gasteiger partial charge in [-0.05, 0) is 65.7 Å². The second kappa shape index (κ2) is 67.4. The van der Waals surface area contributed by atoms with Gasteiger partial charge in [0.1, 0.15) is 38.7 Å². The average molecular weight is 639 g/mol. The fraction of sp³-hybridized carbons (Fsp3) is 0.724. The maximum atomic E-state index is 10.7. The number of hydrogen-bond donors (Lipinski definition) is 4. The number of carbonyl (C=O) groups is 8. The molecule has 0 bridgehead atoms. The zero-order chi connectivity index (χ0) is 34.8. The van der Waals surface area contributed by atoms with Crippen molar-refractivity contribution in [3.63, 3.8) is 0 Å². The highest BCUT2D eigenvalue weighted by Crippen LogP contribution is 1.89. The molecule has 15 heteroatoms. The molecule has 15 nitrogen and oxygen atoms in total. The first-order chi connectivity index (χ1) is 21.6. The summed E-state index contributed by atoms with van der Waals surface area (Å²) in [5.41, 5.74) is 5.23. The average Bonchev–Trinajstić information content (AvgIpc) is 3.06. The van der Waals surface area contributed by atoms with Gasteiger partial charge in [-0.2, -0.15) is 0 Å². The molecule has 0 aliphatic rings. The third-order valence-electron chi connectivity index (χ3n) is 4.32. The Balaban J connectivity index is -0.000000107. The molecule has 260 valence electrons. The third-order valence-corrected chi connectivity index (χ3v) is 4.32. The maximum absolute atomic E-state index is 10.7. The minimum atomic E-state index is -0.354. The first-order valence-corrected chi connectivity index (χ1v) is 14.3. The van der Waals surface area contributed by atoms with Crippen LogP contribution in [-0.4, -0.2) is 124 Å². The standard InChI is InChI=1S/C8H17NO2.C7H18N2O.C7H11NO4.C5H8O2.2CH2O/c1-9-5-2-3-7-11-8-4-6-10;1-9-5-2-3-6-10-7-4-8;9-4-2-1-3-8-7(11)5-12-6-10;6-4-2-1-3-5-7;2*1-2/h6,9H,2-5,7-8H2,1H3;9H,2-8H2,1H3;4,6H,1-3,5H2,(H,8,11);4-5H,1-3H2;2*1H2. The summed E-state index contributed by atoms with van der Waals surface area (Å²) >= 11 is 0. The van der Waals surface area contributed by atoms with Crippen LogP contribution in [0.4, 0.5) is 0 Å². The minimum Gasteiger partial charge on any atom is -0.458 e. The van der Waals surface area contributed by atoms with E-state index in [1.807, 2.05) is 27.7 Å². The van der Waals surface area contributed by atoms with Crippen LogP contribution in [0.2, 0.25) is 0 Å². The molecule has 0 rings (SSSR count). The molecular weight excluding hydrogens is 580 g/mol.